The molecule has 1 heterocycles. The van der Waals surface area contributed by atoms with Crippen LogP contribution in [-0.2, 0) is 6.54 Å². The van der Waals surface area contributed by atoms with Gasteiger partial charge in [0, 0.05) is 17.7 Å². The van der Waals surface area contributed by atoms with Gasteiger partial charge < -0.3 is 15.4 Å². The normalized spacial score (nSPS) is 10.4. The average Bonchev–Trinajstić information content (AvgIpc) is 2.67. The predicted octanol–water partition coefficient (Wildman–Crippen LogP) is 1.51. The van der Waals surface area contributed by atoms with E-state index in [4.69, 9.17) is 15.4 Å². The molecule has 0 aliphatic carbocycles. The molecule has 4 heteroatoms. The van der Waals surface area contributed by atoms with Gasteiger partial charge in [-0.1, -0.05) is 5.16 Å². The quantitative estimate of drug-likeness (QED) is 0.752. The van der Waals surface area contributed by atoms with Crippen molar-refractivity contribution in [1.82, 2.24) is 5.16 Å². The number of aromatic nitrogens is 1. The van der Waals surface area contributed by atoms with E-state index < -0.39 is 0 Å². The fourth-order valence-electron chi connectivity index (χ4n) is 1.26. The summed E-state index contributed by atoms with van der Waals surface area (Å²) in [6.07, 6.45) is 1.53. The summed E-state index contributed by atoms with van der Waals surface area (Å²) in [6, 6.07) is 6.74. The third-order valence-corrected chi connectivity index (χ3v) is 2.00. The maximum absolute atomic E-state index is 9.11. The molecular formula is C10H10N2O2. The van der Waals surface area contributed by atoms with Gasteiger partial charge >= 0.3 is 0 Å². The number of aromatic hydroxyl groups is 1. The van der Waals surface area contributed by atoms with E-state index in [-0.39, 0.29) is 5.75 Å². The van der Waals surface area contributed by atoms with Gasteiger partial charge in [-0.15, -0.1) is 0 Å². The van der Waals surface area contributed by atoms with E-state index in [0.29, 0.717) is 6.54 Å². The van der Waals surface area contributed by atoms with Gasteiger partial charge in [0.25, 0.3) is 0 Å². The molecule has 0 saturated heterocycles. The molecule has 0 bridgehead atoms. The first-order valence-electron chi connectivity index (χ1n) is 4.24. The van der Waals surface area contributed by atoms with Gasteiger partial charge in [0.1, 0.15) is 17.7 Å². The molecule has 0 saturated carbocycles. The molecule has 2 rings (SSSR count). The first-order valence-corrected chi connectivity index (χ1v) is 4.24. The summed E-state index contributed by atoms with van der Waals surface area (Å²) < 4.78 is 4.83. The Morgan fingerprint density at radius 1 is 1.29 bits per heavy atom. The molecule has 0 aliphatic rings. The Hall–Kier alpha value is -1.81. The summed E-state index contributed by atoms with van der Waals surface area (Å²) in [6.45, 7) is 0.389. The van der Waals surface area contributed by atoms with E-state index in [1.165, 1.54) is 6.26 Å². The van der Waals surface area contributed by atoms with Crippen LogP contribution < -0.4 is 5.73 Å². The standard InChI is InChI=1S/C10H10N2O2/c11-5-8-6-14-12-10(8)7-1-3-9(13)4-2-7/h1-4,6,13H,5,11H2. The fraction of sp³-hybridized carbons (Fsp3) is 0.100. The van der Waals surface area contributed by atoms with Crippen molar-refractivity contribution in [2.45, 2.75) is 6.54 Å². The van der Waals surface area contributed by atoms with Crippen molar-refractivity contribution in [3.63, 3.8) is 0 Å². The lowest BCUT2D eigenvalue weighted by molar-refractivity contribution is 0.421. The van der Waals surface area contributed by atoms with Gasteiger partial charge in [0.05, 0.1) is 0 Å². The molecule has 1 aromatic heterocycles. The number of phenolic OH excluding ortho intramolecular Hbond substituents is 1. The minimum Gasteiger partial charge on any atom is -0.508 e. The second kappa shape index (κ2) is 3.51. The zero-order valence-corrected chi connectivity index (χ0v) is 7.47. The topological polar surface area (TPSA) is 72.3 Å². The largest absolute Gasteiger partial charge is 0.508 e. The second-order valence-electron chi connectivity index (χ2n) is 2.94. The zero-order valence-electron chi connectivity index (χ0n) is 7.47. The Balaban J connectivity index is 2.44. The van der Waals surface area contributed by atoms with E-state index in [0.717, 1.165) is 16.8 Å². The van der Waals surface area contributed by atoms with Gasteiger partial charge in [-0.2, -0.15) is 0 Å². The molecular weight excluding hydrogens is 180 g/mol. The number of hydrogen-bond donors (Lipinski definition) is 2. The molecule has 3 N–H and O–H groups in total. The monoisotopic (exact) mass is 190 g/mol. The van der Waals surface area contributed by atoms with Gasteiger partial charge in [0.15, 0.2) is 0 Å². The van der Waals surface area contributed by atoms with Gasteiger partial charge in [-0.05, 0) is 24.3 Å². The summed E-state index contributed by atoms with van der Waals surface area (Å²) in [5, 5.41) is 13.0. The van der Waals surface area contributed by atoms with Crippen LogP contribution in [0.25, 0.3) is 11.3 Å². The maximum atomic E-state index is 9.11. The van der Waals surface area contributed by atoms with Crippen LogP contribution in [0.4, 0.5) is 0 Å². The van der Waals surface area contributed by atoms with Crippen molar-refractivity contribution in [2.24, 2.45) is 5.73 Å². The van der Waals surface area contributed by atoms with Crippen LogP contribution >= 0.6 is 0 Å². The summed E-state index contributed by atoms with van der Waals surface area (Å²) in [5.74, 6) is 0.228. The first kappa shape index (κ1) is 8.77. The highest BCUT2D eigenvalue weighted by Gasteiger charge is 2.07. The van der Waals surface area contributed by atoms with Crippen molar-refractivity contribution in [3.05, 3.63) is 36.1 Å². The first-order chi connectivity index (χ1) is 6.81. The van der Waals surface area contributed by atoms with Gasteiger partial charge in [-0.3, -0.25) is 0 Å². The third-order valence-electron chi connectivity index (χ3n) is 2.00. The SMILES string of the molecule is NCc1conc1-c1ccc(O)cc1. The number of benzene rings is 1. The van der Waals surface area contributed by atoms with E-state index in [9.17, 15) is 0 Å². The highest BCUT2D eigenvalue weighted by molar-refractivity contribution is 5.62. The Kier molecular flexibility index (Phi) is 2.20. The van der Waals surface area contributed by atoms with E-state index in [1.807, 2.05) is 0 Å². The molecule has 0 unspecified atom stereocenters. The molecule has 2 aromatic rings. The molecule has 14 heavy (non-hydrogen) atoms. The third kappa shape index (κ3) is 1.47. The van der Waals surface area contributed by atoms with Crippen molar-refractivity contribution in [2.75, 3.05) is 0 Å². The fourth-order valence-corrected chi connectivity index (χ4v) is 1.26. The number of hydrogen-bond acceptors (Lipinski definition) is 4. The molecule has 0 fully saturated rings. The van der Waals surface area contributed by atoms with Crippen LogP contribution in [0.15, 0.2) is 35.1 Å². The minimum absolute atomic E-state index is 0.228. The van der Waals surface area contributed by atoms with Gasteiger partial charge in [0.2, 0.25) is 0 Å². The van der Waals surface area contributed by atoms with Crippen molar-refractivity contribution in [3.8, 4) is 17.0 Å². The number of nitrogens with zero attached hydrogens (tertiary/aromatic N) is 1. The van der Waals surface area contributed by atoms with E-state index >= 15 is 0 Å². The molecule has 0 radical (unpaired) electrons. The van der Waals surface area contributed by atoms with Crippen molar-refractivity contribution >= 4 is 0 Å². The van der Waals surface area contributed by atoms with Crippen molar-refractivity contribution in [1.29, 1.82) is 0 Å². The Bertz CT molecular complexity index is 420. The smallest absolute Gasteiger partial charge is 0.128 e. The lowest BCUT2D eigenvalue weighted by Gasteiger charge is -1.98. The molecule has 0 amide bonds. The summed E-state index contributed by atoms with van der Waals surface area (Å²) in [7, 11) is 0. The molecule has 1 aromatic carbocycles. The summed E-state index contributed by atoms with van der Waals surface area (Å²) in [5.41, 5.74) is 7.99. The minimum atomic E-state index is 0.228. The van der Waals surface area contributed by atoms with Crippen LogP contribution in [0, 0.1) is 0 Å². The Morgan fingerprint density at radius 3 is 2.64 bits per heavy atom. The zero-order chi connectivity index (χ0) is 9.97. The highest BCUT2D eigenvalue weighted by Crippen LogP contribution is 2.23. The number of rotatable bonds is 2. The Labute approximate surface area is 81.0 Å². The van der Waals surface area contributed by atoms with Gasteiger partial charge in [-0.25, -0.2) is 0 Å². The highest BCUT2D eigenvalue weighted by atomic mass is 16.5. The van der Waals surface area contributed by atoms with Crippen LogP contribution in [0.5, 0.6) is 5.75 Å². The average molecular weight is 190 g/mol. The van der Waals surface area contributed by atoms with E-state index in [1.54, 1.807) is 24.3 Å². The molecule has 0 spiro atoms. The Morgan fingerprint density at radius 2 is 2.00 bits per heavy atom. The van der Waals surface area contributed by atoms with Crippen LogP contribution in [-0.4, -0.2) is 10.3 Å². The molecule has 72 valence electrons. The number of phenols is 1. The van der Waals surface area contributed by atoms with Crippen LogP contribution in [0.2, 0.25) is 0 Å². The lowest BCUT2D eigenvalue weighted by atomic mass is 10.1. The molecule has 0 atom stereocenters. The predicted molar refractivity (Wildman–Crippen MR) is 51.5 cm³/mol. The summed E-state index contributed by atoms with van der Waals surface area (Å²) in [4.78, 5) is 0. The van der Waals surface area contributed by atoms with Crippen molar-refractivity contribution < 1.29 is 9.63 Å². The number of nitrogens with two attached hydrogens (primary N) is 1. The maximum Gasteiger partial charge on any atom is 0.128 e. The van der Waals surface area contributed by atoms with E-state index in [2.05, 4.69) is 5.16 Å². The summed E-state index contributed by atoms with van der Waals surface area (Å²) >= 11 is 0. The lowest BCUT2D eigenvalue weighted by Crippen LogP contribution is -1.96. The second-order valence-corrected chi connectivity index (χ2v) is 2.94. The molecule has 0 aliphatic heterocycles. The van der Waals surface area contributed by atoms with Crippen LogP contribution in [0.1, 0.15) is 5.56 Å². The molecule has 4 nitrogen and oxygen atoms in total. The van der Waals surface area contributed by atoms with Crippen LogP contribution in [0.3, 0.4) is 0 Å².